The fourth-order valence-electron chi connectivity index (χ4n) is 0.786. The molecular formula is C9H4Cl2FNO. The lowest BCUT2D eigenvalue weighted by Crippen LogP contribution is -2.06. The van der Waals surface area contributed by atoms with E-state index in [1.807, 2.05) is 0 Å². The van der Waals surface area contributed by atoms with Crippen molar-refractivity contribution in [2.45, 2.75) is 0 Å². The average molecular weight is 232 g/mol. The minimum absolute atomic E-state index is 0.0451. The van der Waals surface area contributed by atoms with Crippen LogP contribution in [0.5, 0.6) is 0 Å². The minimum Gasteiger partial charge on any atom is -0.359 e. The number of carbonyl (C=O) groups is 1. The molecule has 2 nitrogen and oxygen atoms in total. The van der Waals surface area contributed by atoms with Crippen molar-refractivity contribution in [2.75, 3.05) is 0 Å². The van der Waals surface area contributed by atoms with Gasteiger partial charge in [0, 0.05) is 5.92 Å². The van der Waals surface area contributed by atoms with Gasteiger partial charge in [0.25, 0.3) is 5.91 Å². The number of benzene rings is 1. The van der Waals surface area contributed by atoms with Gasteiger partial charge in [-0.3, -0.25) is 4.79 Å². The van der Waals surface area contributed by atoms with Crippen molar-refractivity contribution < 1.29 is 9.18 Å². The monoisotopic (exact) mass is 231 g/mol. The summed E-state index contributed by atoms with van der Waals surface area (Å²) in [4.78, 5) is 10.4. The zero-order valence-electron chi connectivity index (χ0n) is 6.77. The molecule has 14 heavy (non-hydrogen) atoms. The first-order valence-electron chi connectivity index (χ1n) is 3.46. The third-order valence-corrected chi connectivity index (χ3v) is 1.91. The fourth-order valence-corrected chi connectivity index (χ4v) is 1.34. The van der Waals surface area contributed by atoms with Crippen LogP contribution in [0.2, 0.25) is 10.0 Å². The van der Waals surface area contributed by atoms with E-state index >= 15 is 0 Å². The number of halogens is 3. The zero-order chi connectivity index (χ0) is 10.7. The van der Waals surface area contributed by atoms with Crippen LogP contribution in [0.15, 0.2) is 12.1 Å². The molecule has 0 atom stereocenters. The number of rotatable bonds is 0. The Hall–Kier alpha value is -1.24. The quantitative estimate of drug-likeness (QED) is 0.682. The molecule has 2 N–H and O–H groups in total. The molecule has 0 aliphatic carbocycles. The van der Waals surface area contributed by atoms with E-state index in [0.717, 1.165) is 12.1 Å². The number of hydrogen-bond donors (Lipinski definition) is 1. The Labute approximate surface area is 89.8 Å². The van der Waals surface area contributed by atoms with Crippen LogP contribution in [0.1, 0.15) is 5.56 Å². The number of hydrogen-bond acceptors (Lipinski definition) is 1. The van der Waals surface area contributed by atoms with Crippen molar-refractivity contribution in [3.8, 4) is 11.8 Å². The van der Waals surface area contributed by atoms with Crippen LogP contribution >= 0.6 is 23.2 Å². The second-order valence-corrected chi connectivity index (χ2v) is 3.17. The Morgan fingerprint density at radius 3 is 2.29 bits per heavy atom. The lowest BCUT2D eigenvalue weighted by Gasteiger charge is -1.98. The molecule has 0 saturated carbocycles. The molecular weight excluding hydrogens is 228 g/mol. The van der Waals surface area contributed by atoms with Crippen LogP contribution in [0.3, 0.4) is 0 Å². The van der Waals surface area contributed by atoms with E-state index < -0.39 is 11.7 Å². The molecule has 0 saturated heterocycles. The van der Waals surface area contributed by atoms with Gasteiger partial charge in [-0.2, -0.15) is 0 Å². The third kappa shape index (κ3) is 2.63. The van der Waals surface area contributed by atoms with Crippen molar-refractivity contribution in [3.63, 3.8) is 0 Å². The Morgan fingerprint density at radius 2 is 1.86 bits per heavy atom. The Balaban J connectivity index is 3.24. The van der Waals surface area contributed by atoms with Gasteiger partial charge in [-0.15, -0.1) is 0 Å². The highest BCUT2D eigenvalue weighted by Gasteiger charge is 2.05. The Bertz CT molecular complexity index is 425. The number of carbonyl (C=O) groups excluding carboxylic acids is 1. The predicted molar refractivity (Wildman–Crippen MR) is 52.5 cm³/mol. The van der Waals surface area contributed by atoms with Crippen molar-refractivity contribution in [1.29, 1.82) is 0 Å². The zero-order valence-corrected chi connectivity index (χ0v) is 8.29. The number of primary amides is 1. The van der Waals surface area contributed by atoms with Gasteiger partial charge in [0.1, 0.15) is 5.82 Å². The SMILES string of the molecule is NC(=O)C#Cc1c(Cl)cc(F)cc1Cl. The minimum atomic E-state index is -0.804. The second-order valence-electron chi connectivity index (χ2n) is 2.36. The maximum atomic E-state index is 12.7. The van der Waals surface area contributed by atoms with E-state index in [2.05, 4.69) is 11.8 Å². The highest BCUT2D eigenvalue weighted by molar-refractivity contribution is 6.36. The van der Waals surface area contributed by atoms with Gasteiger partial charge in [0.2, 0.25) is 0 Å². The van der Waals surface area contributed by atoms with Crippen molar-refractivity contribution >= 4 is 29.1 Å². The van der Waals surface area contributed by atoms with Gasteiger partial charge >= 0.3 is 0 Å². The molecule has 5 heteroatoms. The van der Waals surface area contributed by atoms with E-state index in [1.165, 1.54) is 0 Å². The first-order valence-corrected chi connectivity index (χ1v) is 4.22. The molecule has 0 aromatic heterocycles. The predicted octanol–water partition coefficient (Wildman–Crippen LogP) is 1.97. The summed E-state index contributed by atoms with van der Waals surface area (Å²) in [6, 6.07) is 2.11. The number of nitrogens with two attached hydrogens (primary N) is 1. The molecule has 1 amide bonds. The summed E-state index contributed by atoms with van der Waals surface area (Å²) < 4.78 is 12.7. The molecule has 0 aliphatic heterocycles. The molecule has 1 aromatic carbocycles. The summed E-state index contributed by atoms with van der Waals surface area (Å²) in [5, 5.41) is 0.0903. The molecule has 72 valence electrons. The third-order valence-electron chi connectivity index (χ3n) is 1.32. The molecule has 0 bridgehead atoms. The summed E-state index contributed by atoms with van der Waals surface area (Å²) in [6.45, 7) is 0. The van der Waals surface area contributed by atoms with Crippen molar-refractivity contribution in [3.05, 3.63) is 33.6 Å². The van der Waals surface area contributed by atoms with E-state index in [4.69, 9.17) is 28.9 Å². The molecule has 0 aliphatic rings. The first kappa shape index (κ1) is 10.8. The smallest absolute Gasteiger partial charge is 0.293 e. The van der Waals surface area contributed by atoms with Crippen LogP contribution in [0, 0.1) is 17.7 Å². The molecule has 0 heterocycles. The normalized spacial score (nSPS) is 9.07. The van der Waals surface area contributed by atoms with Crippen molar-refractivity contribution in [1.82, 2.24) is 0 Å². The Morgan fingerprint density at radius 1 is 1.36 bits per heavy atom. The Kier molecular flexibility index (Phi) is 3.34. The van der Waals surface area contributed by atoms with E-state index in [-0.39, 0.29) is 15.6 Å². The summed E-state index contributed by atoms with van der Waals surface area (Å²) >= 11 is 11.3. The second kappa shape index (κ2) is 4.32. The maximum Gasteiger partial charge on any atom is 0.293 e. The standard InChI is InChI=1S/C9H4Cl2FNO/c10-7-3-5(12)4-8(11)6(7)1-2-9(13)14/h3-4H,(H2,13,14). The van der Waals surface area contributed by atoms with Gasteiger partial charge in [0.15, 0.2) is 0 Å². The molecule has 0 radical (unpaired) electrons. The lowest BCUT2D eigenvalue weighted by atomic mass is 10.2. The molecule has 0 fully saturated rings. The maximum absolute atomic E-state index is 12.7. The molecule has 0 spiro atoms. The van der Waals surface area contributed by atoms with E-state index in [9.17, 15) is 9.18 Å². The first-order chi connectivity index (χ1) is 6.50. The molecule has 1 rings (SSSR count). The van der Waals surface area contributed by atoms with Gasteiger partial charge in [0.05, 0.1) is 15.6 Å². The summed E-state index contributed by atoms with van der Waals surface area (Å²) in [5.74, 6) is 3.04. The van der Waals surface area contributed by atoms with E-state index in [1.54, 1.807) is 0 Å². The van der Waals surface area contributed by atoms with Crippen LogP contribution in [0.4, 0.5) is 4.39 Å². The molecule has 1 aromatic rings. The van der Waals surface area contributed by atoms with Crippen molar-refractivity contribution in [2.24, 2.45) is 5.73 Å². The summed E-state index contributed by atoms with van der Waals surface area (Å²) in [7, 11) is 0. The average Bonchev–Trinajstić information content (AvgIpc) is 2.01. The molecule has 0 unspecified atom stereocenters. The summed E-state index contributed by atoms with van der Waals surface area (Å²) in [5.41, 5.74) is 4.99. The number of amides is 1. The largest absolute Gasteiger partial charge is 0.359 e. The topological polar surface area (TPSA) is 43.1 Å². The van der Waals surface area contributed by atoms with Crippen LogP contribution < -0.4 is 5.73 Å². The van der Waals surface area contributed by atoms with Gasteiger partial charge in [-0.1, -0.05) is 29.1 Å². The highest BCUT2D eigenvalue weighted by Crippen LogP contribution is 2.24. The van der Waals surface area contributed by atoms with Gasteiger partial charge < -0.3 is 5.73 Å². The highest BCUT2D eigenvalue weighted by atomic mass is 35.5. The summed E-state index contributed by atoms with van der Waals surface area (Å²) in [6.07, 6.45) is 0. The van der Waals surface area contributed by atoms with Gasteiger partial charge in [-0.05, 0) is 12.1 Å². The fraction of sp³-hybridized carbons (Fsp3) is 0. The van der Waals surface area contributed by atoms with Crippen LogP contribution in [0.25, 0.3) is 0 Å². The van der Waals surface area contributed by atoms with Gasteiger partial charge in [-0.25, -0.2) is 4.39 Å². The van der Waals surface area contributed by atoms with E-state index in [0.29, 0.717) is 0 Å². The van der Waals surface area contributed by atoms with Crippen LogP contribution in [-0.4, -0.2) is 5.91 Å². The van der Waals surface area contributed by atoms with Crippen LogP contribution in [-0.2, 0) is 4.79 Å². The lowest BCUT2D eigenvalue weighted by molar-refractivity contribution is -0.112.